The number of rotatable bonds is 2. The summed E-state index contributed by atoms with van der Waals surface area (Å²) in [5, 5.41) is 3.24. The Kier molecular flexibility index (Phi) is 2.89. The van der Waals surface area contributed by atoms with Crippen LogP contribution in [0.3, 0.4) is 0 Å². The Morgan fingerprint density at radius 3 is 3.05 bits per heavy atom. The molecule has 1 aromatic heterocycles. The van der Waals surface area contributed by atoms with E-state index in [2.05, 4.69) is 10.3 Å². The molecule has 0 saturated heterocycles. The third-order valence-corrected chi connectivity index (χ3v) is 3.62. The van der Waals surface area contributed by atoms with Crippen LogP contribution in [0.1, 0.15) is 42.2 Å². The summed E-state index contributed by atoms with van der Waals surface area (Å²) >= 11 is 0. The Balaban J connectivity index is 1.93. The summed E-state index contributed by atoms with van der Waals surface area (Å²) in [5.41, 5.74) is 4.01. The largest absolute Gasteiger partial charge is 0.461 e. The van der Waals surface area contributed by atoms with Crippen LogP contribution in [-0.2, 0) is 16.0 Å². The molecule has 2 aliphatic rings. The summed E-state index contributed by atoms with van der Waals surface area (Å²) in [4.78, 5) is 26.7. The van der Waals surface area contributed by atoms with E-state index in [0.717, 1.165) is 35.4 Å². The number of hydrogen-bond acceptors (Lipinski definition) is 4. The summed E-state index contributed by atoms with van der Waals surface area (Å²) in [6, 6.07) is 0. The minimum atomic E-state index is -0.359. The van der Waals surface area contributed by atoms with Crippen molar-refractivity contribution in [2.75, 3.05) is 11.9 Å². The molecule has 100 valence electrons. The number of ether oxygens (including phenoxy) is 1. The molecule has 1 aliphatic carbocycles. The second-order valence-corrected chi connectivity index (χ2v) is 4.82. The second-order valence-electron chi connectivity index (χ2n) is 4.82. The van der Waals surface area contributed by atoms with Crippen molar-refractivity contribution in [3.8, 4) is 0 Å². The van der Waals surface area contributed by atoms with E-state index in [4.69, 9.17) is 4.74 Å². The fourth-order valence-corrected chi connectivity index (χ4v) is 2.69. The summed E-state index contributed by atoms with van der Waals surface area (Å²) < 4.78 is 5.02. The molecule has 0 saturated carbocycles. The summed E-state index contributed by atoms with van der Waals surface area (Å²) in [7, 11) is 0. The topological polar surface area (TPSA) is 71.2 Å². The van der Waals surface area contributed by atoms with Crippen molar-refractivity contribution in [1.29, 1.82) is 0 Å². The first-order valence-electron chi connectivity index (χ1n) is 6.60. The van der Waals surface area contributed by atoms with Crippen molar-refractivity contribution in [2.45, 2.75) is 32.6 Å². The number of aromatic nitrogens is 1. The molecule has 0 bridgehead atoms. The van der Waals surface area contributed by atoms with Gasteiger partial charge < -0.3 is 15.0 Å². The van der Waals surface area contributed by atoms with Gasteiger partial charge in [0.2, 0.25) is 0 Å². The van der Waals surface area contributed by atoms with Gasteiger partial charge >= 0.3 is 5.97 Å². The standard InChI is InChI=1S/C14H16N2O3/c1-2-19-14(18)13-12-8(7-15-13)6-9-10(16-12)4-3-5-11(9)17/h7,15-16H,2-6H2,1H3. The number of Topliss-reactive ketones (excluding diaryl/α,β-unsaturated/α-hetero) is 1. The van der Waals surface area contributed by atoms with E-state index in [9.17, 15) is 9.59 Å². The molecule has 2 N–H and O–H groups in total. The van der Waals surface area contributed by atoms with Crippen LogP contribution < -0.4 is 5.32 Å². The Labute approximate surface area is 111 Å². The van der Waals surface area contributed by atoms with Gasteiger partial charge in [-0.3, -0.25) is 4.79 Å². The summed E-state index contributed by atoms with van der Waals surface area (Å²) in [5.74, 6) is -0.138. The highest BCUT2D eigenvalue weighted by atomic mass is 16.5. The second kappa shape index (κ2) is 4.57. The van der Waals surface area contributed by atoms with E-state index >= 15 is 0 Å². The number of carbonyl (C=O) groups is 2. The molecule has 0 unspecified atom stereocenters. The number of carbonyl (C=O) groups excluding carboxylic acids is 2. The van der Waals surface area contributed by atoms with E-state index in [1.165, 1.54) is 0 Å². The number of hydrogen-bond donors (Lipinski definition) is 2. The average molecular weight is 260 g/mol. The molecule has 5 nitrogen and oxygen atoms in total. The third kappa shape index (κ3) is 1.95. The zero-order valence-corrected chi connectivity index (χ0v) is 10.8. The number of allylic oxidation sites excluding steroid dienone is 2. The van der Waals surface area contributed by atoms with E-state index < -0.39 is 0 Å². The lowest BCUT2D eigenvalue weighted by molar-refractivity contribution is -0.116. The first-order valence-corrected chi connectivity index (χ1v) is 6.60. The highest BCUT2D eigenvalue weighted by Gasteiger charge is 2.29. The first kappa shape index (κ1) is 12.0. The van der Waals surface area contributed by atoms with Crippen molar-refractivity contribution in [3.05, 3.63) is 28.7 Å². The highest BCUT2D eigenvalue weighted by Crippen LogP contribution is 2.35. The van der Waals surface area contributed by atoms with E-state index in [0.29, 0.717) is 25.1 Å². The SMILES string of the molecule is CCOC(=O)c1[nH]cc2c1NC1=C(C2)C(=O)CCC1. The number of nitrogens with one attached hydrogen (secondary N) is 2. The van der Waals surface area contributed by atoms with Crippen LogP contribution in [0, 0.1) is 0 Å². The van der Waals surface area contributed by atoms with Crippen molar-refractivity contribution in [3.63, 3.8) is 0 Å². The maximum absolute atomic E-state index is 11.9. The lowest BCUT2D eigenvalue weighted by Crippen LogP contribution is -2.22. The van der Waals surface area contributed by atoms with Gasteiger partial charge in [-0.25, -0.2) is 4.79 Å². The molecule has 1 aromatic rings. The van der Waals surface area contributed by atoms with Crippen molar-refractivity contribution in [2.24, 2.45) is 0 Å². The number of aromatic amines is 1. The molecule has 1 aliphatic heterocycles. The van der Waals surface area contributed by atoms with Gasteiger partial charge in [0.1, 0.15) is 5.69 Å². The van der Waals surface area contributed by atoms with Gasteiger partial charge in [-0.2, -0.15) is 0 Å². The van der Waals surface area contributed by atoms with E-state index in [-0.39, 0.29) is 11.8 Å². The lowest BCUT2D eigenvalue weighted by Gasteiger charge is -2.25. The lowest BCUT2D eigenvalue weighted by atomic mass is 9.88. The predicted molar refractivity (Wildman–Crippen MR) is 70.0 cm³/mol. The Morgan fingerprint density at radius 1 is 1.42 bits per heavy atom. The molecular weight excluding hydrogens is 244 g/mol. The minimum Gasteiger partial charge on any atom is -0.461 e. The fraction of sp³-hybridized carbons (Fsp3) is 0.429. The molecule has 19 heavy (non-hydrogen) atoms. The van der Waals surface area contributed by atoms with Gasteiger partial charge in [-0.15, -0.1) is 0 Å². The first-order chi connectivity index (χ1) is 9.20. The number of H-pyrrole nitrogens is 1. The van der Waals surface area contributed by atoms with Crippen LogP contribution in [0.5, 0.6) is 0 Å². The Morgan fingerprint density at radius 2 is 2.26 bits per heavy atom. The Hall–Kier alpha value is -2.04. The smallest absolute Gasteiger partial charge is 0.356 e. The molecular formula is C14H16N2O3. The molecule has 0 atom stereocenters. The molecule has 0 radical (unpaired) electrons. The number of fused-ring (bicyclic) bond motifs is 1. The van der Waals surface area contributed by atoms with Crippen molar-refractivity contribution < 1.29 is 14.3 Å². The molecule has 0 fully saturated rings. The van der Waals surface area contributed by atoms with Gasteiger partial charge in [0.25, 0.3) is 0 Å². The maximum atomic E-state index is 11.9. The molecule has 0 amide bonds. The van der Waals surface area contributed by atoms with Crippen molar-refractivity contribution in [1.82, 2.24) is 4.98 Å². The minimum absolute atomic E-state index is 0.221. The van der Waals surface area contributed by atoms with E-state index in [1.54, 1.807) is 13.1 Å². The predicted octanol–water partition coefficient (Wildman–Crippen LogP) is 2.17. The third-order valence-electron chi connectivity index (χ3n) is 3.62. The number of anilines is 1. The van der Waals surface area contributed by atoms with Gasteiger partial charge in [-0.05, 0) is 25.3 Å². The zero-order valence-electron chi connectivity index (χ0n) is 10.8. The quantitative estimate of drug-likeness (QED) is 0.799. The van der Waals surface area contributed by atoms with Crippen LogP contribution in [0.2, 0.25) is 0 Å². The van der Waals surface area contributed by atoms with Gasteiger partial charge in [0.15, 0.2) is 5.78 Å². The van der Waals surface area contributed by atoms with Crippen LogP contribution in [0.4, 0.5) is 5.69 Å². The number of esters is 1. The summed E-state index contributed by atoms with van der Waals surface area (Å²) in [6.07, 6.45) is 4.75. The molecule has 2 heterocycles. The van der Waals surface area contributed by atoms with Crippen LogP contribution in [0.25, 0.3) is 0 Å². The normalized spacial score (nSPS) is 17.6. The maximum Gasteiger partial charge on any atom is 0.356 e. The van der Waals surface area contributed by atoms with Crippen LogP contribution in [-0.4, -0.2) is 23.3 Å². The zero-order chi connectivity index (χ0) is 13.4. The number of ketones is 1. The van der Waals surface area contributed by atoms with Gasteiger partial charge in [-0.1, -0.05) is 0 Å². The summed E-state index contributed by atoms with van der Waals surface area (Å²) in [6.45, 7) is 2.13. The molecule has 0 spiro atoms. The van der Waals surface area contributed by atoms with Crippen LogP contribution in [0.15, 0.2) is 17.5 Å². The fourth-order valence-electron chi connectivity index (χ4n) is 2.69. The molecule has 5 heteroatoms. The van der Waals surface area contributed by atoms with Crippen LogP contribution >= 0.6 is 0 Å². The van der Waals surface area contributed by atoms with E-state index in [1.807, 2.05) is 0 Å². The highest BCUT2D eigenvalue weighted by molar-refractivity contribution is 6.01. The van der Waals surface area contributed by atoms with Gasteiger partial charge in [0.05, 0.1) is 12.3 Å². The monoisotopic (exact) mass is 260 g/mol. The van der Waals surface area contributed by atoms with Gasteiger partial charge in [0, 0.05) is 30.3 Å². The molecule has 3 rings (SSSR count). The average Bonchev–Trinajstić information content (AvgIpc) is 2.80. The van der Waals surface area contributed by atoms with Crippen molar-refractivity contribution >= 4 is 17.4 Å². The Bertz CT molecular complexity index is 584. The molecule has 0 aromatic carbocycles.